The Morgan fingerprint density at radius 2 is 1.88 bits per heavy atom. The van der Waals surface area contributed by atoms with Crippen LogP contribution in [0.2, 0.25) is 0 Å². The molecule has 2 aromatic carbocycles. The van der Waals surface area contributed by atoms with Crippen molar-refractivity contribution in [2.24, 2.45) is 0 Å². The summed E-state index contributed by atoms with van der Waals surface area (Å²) in [6.45, 7) is 4.00. The number of nitrogens with one attached hydrogen (secondary N) is 1. The maximum atomic E-state index is 13.0. The van der Waals surface area contributed by atoms with Crippen molar-refractivity contribution in [3.63, 3.8) is 0 Å². The normalized spacial score (nSPS) is 14.2. The summed E-state index contributed by atoms with van der Waals surface area (Å²) in [5, 5.41) is 2.76. The number of nitrogens with zero attached hydrogens (tertiary/aromatic N) is 1. The van der Waals surface area contributed by atoms with Crippen molar-refractivity contribution < 1.29 is 22.7 Å². The highest BCUT2D eigenvalue weighted by Crippen LogP contribution is 2.32. The van der Waals surface area contributed by atoms with Crippen LogP contribution in [-0.2, 0) is 30.8 Å². The van der Waals surface area contributed by atoms with Crippen LogP contribution in [0.3, 0.4) is 0 Å². The van der Waals surface area contributed by atoms with Gasteiger partial charge < -0.3 is 10.1 Å². The molecular formula is C24H28N2O5S. The number of esters is 1. The minimum Gasteiger partial charge on any atom is -0.452 e. The number of hydrogen-bond acceptors (Lipinski definition) is 5. The van der Waals surface area contributed by atoms with Crippen LogP contribution >= 0.6 is 0 Å². The van der Waals surface area contributed by atoms with Gasteiger partial charge >= 0.3 is 5.97 Å². The molecule has 1 atom stereocenters. The van der Waals surface area contributed by atoms with Gasteiger partial charge in [0, 0.05) is 18.7 Å². The van der Waals surface area contributed by atoms with Gasteiger partial charge in [0.1, 0.15) is 0 Å². The first-order valence-electron chi connectivity index (χ1n) is 10.7. The van der Waals surface area contributed by atoms with Gasteiger partial charge in [-0.1, -0.05) is 43.7 Å². The lowest BCUT2D eigenvalue weighted by Crippen LogP contribution is -2.35. The second-order valence-electron chi connectivity index (χ2n) is 7.72. The van der Waals surface area contributed by atoms with Crippen molar-refractivity contribution in [2.75, 3.05) is 17.5 Å². The van der Waals surface area contributed by atoms with Crippen LogP contribution in [0.15, 0.2) is 59.5 Å². The Hall–Kier alpha value is -3.13. The van der Waals surface area contributed by atoms with Crippen molar-refractivity contribution in [1.82, 2.24) is 5.32 Å². The molecule has 0 fully saturated rings. The van der Waals surface area contributed by atoms with Crippen molar-refractivity contribution in [1.29, 1.82) is 0 Å². The van der Waals surface area contributed by atoms with E-state index in [1.807, 2.05) is 38.1 Å². The molecule has 32 heavy (non-hydrogen) atoms. The molecule has 0 radical (unpaired) electrons. The fourth-order valence-electron chi connectivity index (χ4n) is 3.61. The molecule has 8 heteroatoms. The Balaban J connectivity index is 1.57. The predicted octanol–water partition coefficient (Wildman–Crippen LogP) is 3.30. The molecule has 0 unspecified atom stereocenters. The molecule has 0 aliphatic carbocycles. The third-order valence-corrected chi connectivity index (χ3v) is 7.03. The Kier molecular flexibility index (Phi) is 7.69. The van der Waals surface area contributed by atoms with Crippen LogP contribution in [0.5, 0.6) is 0 Å². The number of carbonyl (C=O) groups excluding carboxylic acids is 2. The van der Waals surface area contributed by atoms with Gasteiger partial charge in [0.2, 0.25) is 0 Å². The summed E-state index contributed by atoms with van der Waals surface area (Å²) in [4.78, 5) is 23.8. The molecule has 0 spiro atoms. The Morgan fingerprint density at radius 3 is 2.59 bits per heavy atom. The number of hydrogen-bond donors (Lipinski definition) is 1. The van der Waals surface area contributed by atoms with E-state index in [0.717, 1.165) is 18.4 Å². The first-order chi connectivity index (χ1) is 15.3. The Morgan fingerprint density at radius 1 is 1.16 bits per heavy atom. The molecule has 0 saturated heterocycles. The standard InChI is InChI=1S/C24H28N2O5S/c1-3-6-18(2)25-23(27)17-31-24(28)14-11-19-9-12-21(13-10-19)32(29,30)26-16-15-20-7-4-5-8-22(20)26/h4-5,7-14,18H,3,6,15-17H2,1-2H3,(H,25,27)/b14-11+/t18-/m1/s1. The zero-order valence-electron chi connectivity index (χ0n) is 18.3. The summed E-state index contributed by atoms with van der Waals surface area (Å²) in [5.41, 5.74) is 2.37. The van der Waals surface area contributed by atoms with Crippen molar-refractivity contribution in [3.8, 4) is 0 Å². The largest absolute Gasteiger partial charge is 0.452 e. The van der Waals surface area contributed by atoms with Crippen LogP contribution < -0.4 is 9.62 Å². The van der Waals surface area contributed by atoms with E-state index in [-0.39, 0.29) is 23.5 Å². The second-order valence-corrected chi connectivity index (χ2v) is 9.59. The predicted molar refractivity (Wildman–Crippen MR) is 124 cm³/mol. The molecule has 1 amide bonds. The third-order valence-electron chi connectivity index (χ3n) is 5.20. The summed E-state index contributed by atoms with van der Waals surface area (Å²) in [6, 6.07) is 13.8. The molecule has 1 N–H and O–H groups in total. The van der Waals surface area contributed by atoms with Crippen molar-refractivity contribution in [2.45, 2.75) is 44.0 Å². The lowest BCUT2D eigenvalue weighted by molar-refractivity contribution is -0.144. The molecular weight excluding hydrogens is 428 g/mol. The SMILES string of the molecule is CCC[C@@H](C)NC(=O)COC(=O)/C=C/c1ccc(S(=O)(=O)N2CCc3ccccc32)cc1. The highest BCUT2D eigenvalue weighted by molar-refractivity contribution is 7.92. The number of sulfonamides is 1. The van der Waals surface area contributed by atoms with Crippen molar-refractivity contribution >= 4 is 33.7 Å². The molecule has 170 valence electrons. The molecule has 1 aliphatic heterocycles. The maximum Gasteiger partial charge on any atom is 0.331 e. The summed E-state index contributed by atoms with van der Waals surface area (Å²) < 4.78 is 32.4. The monoisotopic (exact) mass is 456 g/mol. The van der Waals surface area contributed by atoms with Gasteiger partial charge in [-0.25, -0.2) is 13.2 Å². The van der Waals surface area contributed by atoms with Crippen LogP contribution in [0.25, 0.3) is 6.08 Å². The highest BCUT2D eigenvalue weighted by Gasteiger charge is 2.30. The summed E-state index contributed by atoms with van der Waals surface area (Å²) in [6.07, 6.45) is 5.23. The third kappa shape index (κ3) is 5.76. The minimum atomic E-state index is -3.66. The number of amides is 1. The average molecular weight is 457 g/mol. The second kappa shape index (κ2) is 10.5. The Bertz CT molecular complexity index is 1090. The van der Waals surface area contributed by atoms with E-state index in [1.54, 1.807) is 12.1 Å². The number of fused-ring (bicyclic) bond motifs is 1. The topological polar surface area (TPSA) is 92.8 Å². The zero-order valence-corrected chi connectivity index (χ0v) is 19.1. The summed E-state index contributed by atoms with van der Waals surface area (Å²) in [7, 11) is -3.66. The maximum absolute atomic E-state index is 13.0. The van der Waals surface area contributed by atoms with Crippen LogP contribution in [0.4, 0.5) is 5.69 Å². The molecule has 0 bridgehead atoms. The fraction of sp³-hybridized carbons (Fsp3) is 0.333. The van der Waals surface area contributed by atoms with E-state index in [4.69, 9.17) is 4.74 Å². The zero-order chi connectivity index (χ0) is 23.1. The van der Waals surface area contributed by atoms with E-state index < -0.39 is 16.0 Å². The Labute approximate surface area is 189 Å². The number of ether oxygens (including phenoxy) is 1. The van der Waals surface area contributed by atoms with E-state index in [2.05, 4.69) is 5.32 Å². The minimum absolute atomic E-state index is 0.0329. The lowest BCUT2D eigenvalue weighted by Gasteiger charge is -2.19. The highest BCUT2D eigenvalue weighted by atomic mass is 32.2. The number of anilines is 1. The quantitative estimate of drug-likeness (QED) is 0.462. The van der Waals surface area contributed by atoms with Gasteiger partial charge in [-0.15, -0.1) is 0 Å². The van der Waals surface area contributed by atoms with E-state index in [1.165, 1.54) is 28.6 Å². The van der Waals surface area contributed by atoms with Gasteiger partial charge in [-0.05, 0) is 55.2 Å². The number of carbonyl (C=O) groups is 2. The van der Waals surface area contributed by atoms with Crippen LogP contribution in [0.1, 0.15) is 37.8 Å². The van der Waals surface area contributed by atoms with Gasteiger partial charge in [0.05, 0.1) is 10.6 Å². The van der Waals surface area contributed by atoms with Crippen molar-refractivity contribution in [3.05, 3.63) is 65.7 Å². The van der Waals surface area contributed by atoms with Crippen LogP contribution in [0, 0.1) is 0 Å². The molecule has 1 heterocycles. The van der Waals surface area contributed by atoms with Gasteiger partial charge in [-0.2, -0.15) is 0 Å². The molecule has 3 rings (SSSR count). The summed E-state index contributed by atoms with van der Waals surface area (Å²) in [5.74, 6) is -0.987. The fourth-order valence-corrected chi connectivity index (χ4v) is 5.11. The van der Waals surface area contributed by atoms with E-state index in [9.17, 15) is 18.0 Å². The molecule has 0 saturated carbocycles. The van der Waals surface area contributed by atoms with Gasteiger partial charge in [0.15, 0.2) is 6.61 Å². The molecule has 0 aromatic heterocycles. The average Bonchev–Trinajstić information content (AvgIpc) is 3.22. The van der Waals surface area contributed by atoms with Gasteiger partial charge in [0.25, 0.3) is 15.9 Å². The smallest absolute Gasteiger partial charge is 0.331 e. The molecule has 1 aliphatic rings. The van der Waals surface area contributed by atoms with E-state index >= 15 is 0 Å². The number of benzene rings is 2. The van der Waals surface area contributed by atoms with Crippen LogP contribution in [-0.4, -0.2) is 39.5 Å². The lowest BCUT2D eigenvalue weighted by atomic mass is 10.2. The first-order valence-corrected chi connectivity index (χ1v) is 12.1. The van der Waals surface area contributed by atoms with E-state index in [0.29, 0.717) is 24.2 Å². The van der Waals surface area contributed by atoms with Gasteiger partial charge in [-0.3, -0.25) is 9.10 Å². The number of rotatable bonds is 9. The number of para-hydroxylation sites is 1. The molecule has 7 nitrogen and oxygen atoms in total. The first kappa shape index (κ1) is 23.5. The molecule has 2 aromatic rings. The summed E-state index contributed by atoms with van der Waals surface area (Å²) >= 11 is 0.